The molecule has 1 aliphatic carbocycles. The lowest BCUT2D eigenvalue weighted by molar-refractivity contribution is 0.788. The van der Waals surface area contributed by atoms with Crippen LogP contribution in [0.3, 0.4) is 0 Å². The standard InChI is InChI=1S/C13H17N3S/c1-8-15-11-6-12(10(14)5-13(11)17-8)16(2)7-9-3-4-9/h5-6,9H,3-4,7,14H2,1-2H3. The van der Waals surface area contributed by atoms with E-state index < -0.39 is 0 Å². The summed E-state index contributed by atoms with van der Waals surface area (Å²) in [5.74, 6) is 0.868. The Balaban J connectivity index is 1.98. The molecule has 0 spiro atoms. The number of nitrogen functional groups attached to an aromatic ring is 1. The second kappa shape index (κ2) is 3.88. The molecule has 0 unspecified atom stereocenters. The van der Waals surface area contributed by atoms with E-state index in [2.05, 4.69) is 29.1 Å². The first-order chi connectivity index (χ1) is 8.13. The molecule has 3 rings (SSSR count). The number of fused-ring (bicyclic) bond motifs is 1. The molecule has 1 heterocycles. The SMILES string of the molecule is Cc1nc2cc(N(C)CC3CC3)c(N)cc2s1. The van der Waals surface area contributed by atoms with Crippen molar-refractivity contribution in [1.29, 1.82) is 0 Å². The minimum Gasteiger partial charge on any atom is -0.397 e. The van der Waals surface area contributed by atoms with Gasteiger partial charge in [0.1, 0.15) is 0 Å². The predicted molar refractivity (Wildman–Crippen MR) is 74.8 cm³/mol. The number of benzene rings is 1. The van der Waals surface area contributed by atoms with Gasteiger partial charge < -0.3 is 10.6 Å². The summed E-state index contributed by atoms with van der Waals surface area (Å²) in [5, 5.41) is 1.10. The van der Waals surface area contributed by atoms with E-state index in [1.165, 1.54) is 17.5 Å². The number of hydrogen-bond acceptors (Lipinski definition) is 4. The van der Waals surface area contributed by atoms with Crippen molar-refractivity contribution in [3.8, 4) is 0 Å². The molecule has 90 valence electrons. The zero-order chi connectivity index (χ0) is 12.0. The minimum absolute atomic E-state index is 0.865. The molecule has 1 aliphatic rings. The van der Waals surface area contributed by atoms with E-state index in [4.69, 9.17) is 5.73 Å². The monoisotopic (exact) mass is 247 g/mol. The summed E-state index contributed by atoms with van der Waals surface area (Å²) in [5.41, 5.74) is 9.18. The quantitative estimate of drug-likeness (QED) is 0.848. The van der Waals surface area contributed by atoms with Crippen LogP contribution in [0.25, 0.3) is 10.2 Å². The third-order valence-electron chi connectivity index (χ3n) is 3.28. The van der Waals surface area contributed by atoms with E-state index in [0.29, 0.717) is 0 Å². The first-order valence-corrected chi connectivity index (χ1v) is 6.83. The second-order valence-corrected chi connectivity index (χ2v) is 6.17. The van der Waals surface area contributed by atoms with Gasteiger partial charge in [-0.25, -0.2) is 4.98 Å². The van der Waals surface area contributed by atoms with Crippen molar-refractivity contribution < 1.29 is 0 Å². The molecular weight excluding hydrogens is 230 g/mol. The third kappa shape index (κ3) is 2.09. The molecular formula is C13H17N3S. The number of hydrogen-bond donors (Lipinski definition) is 1. The molecule has 0 aliphatic heterocycles. The summed E-state index contributed by atoms with van der Waals surface area (Å²) in [6.45, 7) is 3.15. The molecule has 0 amide bonds. The Morgan fingerprint density at radius 2 is 2.24 bits per heavy atom. The Bertz CT molecular complexity index is 557. The summed E-state index contributed by atoms with van der Waals surface area (Å²) in [6.07, 6.45) is 2.73. The fraction of sp³-hybridized carbons (Fsp3) is 0.462. The predicted octanol–water partition coefficient (Wildman–Crippen LogP) is 3.03. The molecule has 3 nitrogen and oxygen atoms in total. The first-order valence-electron chi connectivity index (χ1n) is 6.01. The number of anilines is 2. The van der Waals surface area contributed by atoms with Crippen molar-refractivity contribution >= 4 is 32.9 Å². The van der Waals surface area contributed by atoms with Crippen molar-refractivity contribution in [3.05, 3.63) is 17.1 Å². The van der Waals surface area contributed by atoms with E-state index in [9.17, 15) is 0 Å². The topological polar surface area (TPSA) is 42.2 Å². The van der Waals surface area contributed by atoms with Gasteiger partial charge in [-0.15, -0.1) is 11.3 Å². The van der Waals surface area contributed by atoms with Crippen molar-refractivity contribution in [1.82, 2.24) is 4.98 Å². The largest absolute Gasteiger partial charge is 0.397 e. The molecule has 0 radical (unpaired) electrons. The highest BCUT2D eigenvalue weighted by atomic mass is 32.1. The number of aromatic nitrogens is 1. The van der Waals surface area contributed by atoms with Crippen LogP contribution < -0.4 is 10.6 Å². The number of nitrogens with zero attached hydrogens (tertiary/aromatic N) is 2. The Hall–Kier alpha value is -1.29. The van der Waals surface area contributed by atoms with Crippen LogP contribution in [0.1, 0.15) is 17.8 Å². The van der Waals surface area contributed by atoms with Crippen LogP contribution in [-0.4, -0.2) is 18.6 Å². The third-order valence-corrected chi connectivity index (χ3v) is 4.22. The van der Waals surface area contributed by atoms with E-state index in [1.807, 2.05) is 6.92 Å². The van der Waals surface area contributed by atoms with Gasteiger partial charge in [0.05, 0.1) is 26.6 Å². The molecule has 1 aromatic carbocycles. The molecule has 2 aromatic rings. The number of thiazole rings is 1. The lowest BCUT2D eigenvalue weighted by Gasteiger charge is -2.20. The Morgan fingerprint density at radius 1 is 1.47 bits per heavy atom. The minimum atomic E-state index is 0.865. The maximum Gasteiger partial charge on any atom is 0.0907 e. The van der Waals surface area contributed by atoms with Gasteiger partial charge in [-0.05, 0) is 37.8 Å². The highest BCUT2D eigenvalue weighted by Gasteiger charge is 2.23. The molecule has 0 saturated heterocycles. The van der Waals surface area contributed by atoms with Gasteiger partial charge in [0, 0.05) is 13.6 Å². The molecule has 17 heavy (non-hydrogen) atoms. The van der Waals surface area contributed by atoms with Gasteiger partial charge in [-0.1, -0.05) is 0 Å². The van der Waals surface area contributed by atoms with Crippen LogP contribution in [-0.2, 0) is 0 Å². The van der Waals surface area contributed by atoms with Crippen LogP contribution in [0.2, 0.25) is 0 Å². The van der Waals surface area contributed by atoms with Crippen molar-refractivity contribution in [2.24, 2.45) is 5.92 Å². The summed E-state index contributed by atoms with van der Waals surface area (Å²) >= 11 is 1.70. The fourth-order valence-corrected chi connectivity index (χ4v) is 3.07. The van der Waals surface area contributed by atoms with E-state index >= 15 is 0 Å². The average Bonchev–Trinajstić information content (AvgIpc) is 2.98. The molecule has 1 aromatic heterocycles. The van der Waals surface area contributed by atoms with E-state index in [-0.39, 0.29) is 0 Å². The van der Waals surface area contributed by atoms with Gasteiger partial charge in [-0.3, -0.25) is 0 Å². The maximum absolute atomic E-state index is 6.13. The smallest absolute Gasteiger partial charge is 0.0907 e. The zero-order valence-electron chi connectivity index (χ0n) is 10.2. The summed E-state index contributed by atoms with van der Waals surface area (Å²) in [4.78, 5) is 6.79. The lowest BCUT2D eigenvalue weighted by atomic mass is 10.2. The summed E-state index contributed by atoms with van der Waals surface area (Å²) < 4.78 is 1.18. The zero-order valence-corrected chi connectivity index (χ0v) is 11.0. The molecule has 1 saturated carbocycles. The van der Waals surface area contributed by atoms with Gasteiger partial charge in [0.15, 0.2) is 0 Å². The molecule has 4 heteroatoms. The molecule has 1 fully saturated rings. The van der Waals surface area contributed by atoms with Gasteiger partial charge in [0.25, 0.3) is 0 Å². The van der Waals surface area contributed by atoms with Gasteiger partial charge in [0.2, 0.25) is 0 Å². The highest BCUT2D eigenvalue weighted by molar-refractivity contribution is 7.18. The Labute approximate surface area is 105 Å². The van der Waals surface area contributed by atoms with Crippen LogP contribution in [0.4, 0.5) is 11.4 Å². The second-order valence-electron chi connectivity index (χ2n) is 4.94. The van der Waals surface area contributed by atoms with Crippen molar-refractivity contribution in [2.75, 3.05) is 24.2 Å². The number of aryl methyl sites for hydroxylation is 1. The van der Waals surface area contributed by atoms with E-state index in [0.717, 1.165) is 34.4 Å². The molecule has 2 N–H and O–H groups in total. The normalized spacial score (nSPS) is 15.4. The van der Waals surface area contributed by atoms with Crippen molar-refractivity contribution in [3.63, 3.8) is 0 Å². The Morgan fingerprint density at radius 3 is 2.94 bits per heavy atom. The van der Waals surface area contributed by atoms with Crippen LogP contribution in [0.5, 0.6) is 0 Å². The number of rotatable bonds is 3. The van der Waals surface area contributed by atoms with Crippen LogP contribution >= 0.6 is 11.3 Å². The molecule has 0 bridgehead atoms. The van der Waals surface area contributed by atoms with Crippen LogP contribution in [0, 0.1) is 12.8 Å². The maximum atomic E-state index is 6.13. The van der Waals surface area contributed by atoms with Crippen molar-refractivity contribution in [2.45, 2.75) is 19.8 Å². The van der Waals surface area contributed by atoms with Gasteiger partial charge in [-0.2, -0.15) is 0 Å². The Kier molecular flexibility index (Phi) is 2.47. The first kappa shape index (κ1) is 10.8. The van der Waals surface area contributed by atoms with Gasteiger partial charge >= 0.3 is 0 Å². The van der Waals surface area contributed by atoms with Crippen LogP contribution in [0.15, 0.2) is 12.1 Å². The fourth-order valence-electron chi connectivity index (χ4n) is 2.21. The number of nitrogens with two attached hydrogens (primary N) is 1. The van der Waals surface area contributed by atoms with E-state index in [1.54, 1.807) is 11.3 Å². The highest BCUT2D eigenvalue weighted by Crippen LogP contribution is 2.35. The summed E-state index contributed by atoms with van der Waals surface area (Å²) in [6, 6.07) is 4.18. The molecule has 0 atom stereocenters. The lowest BCUT2D eigenvalue weighted by Crippen LogP contribution is -2.21. The average molecular weight is 247 g/mol. The summed E-state index contributed by atoms with van der Waals surface area (Å²) in [7, 11) is 2.12.